The molecule has 0 amide bonds. The summed E-state index contributed by atoms with van der Waals surface area (Å²) in [5, 5.41) is 0. The summed E-state index contributed by atoms with van der Waals surface area (Å²) in [5.41, 5.74) is 0. The molecule has 72 valence electrons. The van der Waals surface area contributed by atoms with Crippen LogP contribution in [0.3, 0.4) is 0 Å². The van der Waals surface area contributed by atoms with E-state index in [1.165, 1.54) is 13.0 Å². The van der Waals surface area contributed by atoms with Crippen LogP contribution in [0.1, 0.15) is 20.3 Å². The third-order valence-electron chi connectivity index (χ3n) is 1.77. The van der Waals surface area contributed by atoms with Gasteiger partial charge in [0.15, 0.2) is 0 Å². The van der Waals surface area contributed by atoms with E-state index in [4.69, 9.17) is 4.74 Å². The highest BCUT2D eigenvalue weighted by atomic mass is 16.5. The molecule has 0 fully saturated rings. The Bertz CT molecular complexity index is 104. The van der Waals surface area contributed by atoms with Crippen LogP contribution in [0.2, 0.25) is 0 Å². The van der Waals surface area contributed by atoms with Crippen molar-refractivity contribution in [2.24, 2.45) is 0 Å². The van der Waals surface area contributed by atoms with Crippen LogP contribution in [0.15, 0.2) is 12.7 Å². The molecule has 0 saturated heterocycles. The fourth-order valence-corrected chi connectivity index (χ4v) is 1.10. The lowest BCUT2D eigenvalue weighted by Gasteiger charge is -2.18. The first-order chi connectivity index (χ1) is 5.85. The second kappa shape index (κ2) is 8.75. The van der Waals surface area contributed by atoms with Gasteiger partial charge in [-0.25, -0.2) is 0 Å². The van der Waals surface area contributed by atoms with Crippen LogP contribution >= 0.6 is 0 Å². The van der Waals surface area contributed by atoms with Crippen LogP contribution < -0.4 is 0 Å². The monoisotopic (exact) mass is 171 g/mol. The highest BCUT2D eigenvalue weighted by molar-refractivity contribution is 4.64. The zero-order chi connectivity index (χ0) is 9.23. The van der Waals surface area contributed by atoms with Gasteiger partial charge in [0.05, 0.1) is 13.2 Å². The Balaban J connectivity index is 3.24. The molecule has 12 heavy (non-hydrogen) atoms. The van der Waals surface area contributed by atoms with Crippen molar-refractivity contribution in [1.29, 1.82) is 0 Å². The van der Waals surface area contributed by atoms with Gasteiger partial charge in [0.2, 0.25) is 0 Å². The molecule has 0 aromatic carbocycles. The van der Waals surface area contributed by atoms with Crippen LogP contribution in [0.4, 0.5) is 0 Å². The molecule has 0 spiro atoms. The van der Waals surface area contributed by atoms with Gasteiger partial charge in [-0.1, -0.05) is 19.9 Å². The van der Waals surface area contributed by atoms with Gasteiger partial charge in [0.1, 0.15) is 0 Å². The molecule has 0 rings (SSSR count). The molecule has 0 atom stereocenters. The summed E-state index contributed by atoms with van der Waals surface area (Å²) in [6, 6.07) is 0. The van der Waals surface area contributed by atoms with E-state index in [9.17, 15) is 0 Å². The summed E-state index contributed by atoms with van der Waals surface area (Å²) in [4.78, 5) is 2.39. The summed E-state index contributed by atoms with van der Waals surface area (Å²) in [7, 11) is 0. The smallest absolute Gasteiger partial charge is 0.0645 e. The van der Waals surface area contributed by atoms with Gasteiger partial charge >= 0.3 is 0 Å². The molecule has 0 heterocycles. The Kier molecular flexibility index (Phi) is 8.51. The van der Waals surface area contributed by atoms with E-state index in [1.807, 2.05) is 0 Å². The standard InChI is InChI=1S/C10H21NO/c1-4-7-11(6-3)8-10-12-9-5-2/h5H,2,4,6-10H2,1,3H3. The highest BCUT2D eigenvalue weighted by Gasteiger charge is 1.98. The van der Waals surface area contributed by atoms with Crippen LogP contribution in [-0.2, 0) is 4.74 Å². The first kappa shape index (κ1) is 11.7. The topological polar surface area (TPSA) is 12.5 Å². The van der Waals surface area contributed by atoms with Crippen LogP contribution in [0.5, 0.6) is 0 Å². The van der Waals surface area contributed by atoms with Gasteiger partial charge in [0, 0.05) is 6.54 Å². The normalized spacial score (nSPS) is 10.6. The molecule has 0 saturated carbocycles. The van der Waals surface area contributed by atoms with E-state index >= 15 is 0 Å². The maximum atomic E-state index is 5.30. The summed E-state index contributed by atoms with van der Waals surface area (Å²) < 4.78 is 5.30. The Morgan fingerprint density at radius 2 is 2.08 bits per heavy atom. The first-order valence-corrected chi connectivity index (χ1v) is 4.76. The van der Waals surface area contributed by atoms with Crippen LogP contribution in [0, 0.1) is 0 Å². The molecule has 0 aromatic rings. The molecule has 0 N–H and O–H groups in total. The minimum atomic E-state index is 0.670. The molecular weight excluding hydrogens is 150 g/mol. The number of rotatable bonds is 8. The first-order valence-electron chi connectivity index (χ1n) is 4.76. The van der Waals surface area contributed by atoms with E-state index in [1.54, 1.807) is 6.08 Å². The van der Waals surface area contributed by atoms with E-state index in [0.717, 1.165) is 19.7 Å². The Labute approximate surface area is 76.2 Å². The van der Waals surface area contributed by atoms with E-state index in [-0.39, 0.29) is 0 Å². The van der Waals surface area contributed by atoms with Gasteiger partial charge < -0.3 is 9.64 Å². The lowest BCUT2D eigenvalue weighted by Crippen LogP contribution is -2.28. The third kappa shape index (κ3) is 6.38. The fraction of sp³-hybridized carbons (Fsp3) is 0.800. The van der Waals surface area contributed by atoms with Crippen LogP contribution in [0.25, 0.3) is 0 Å². The molecule has 0 aromatic heterocycles. The summed E-state index contributed by atoms with van der Waals surface area (Å²) in [5.74, 6) is 0. The van der Waals surface area contributed by atoms with E-state index in [2.05, 4.69) is 25.3 Å². The van der Waals surface area contributed by atoms with Gasteiger partial charge in [-0.3, -0.25) is 0 Å². The van der Waals surface area contributed by atoms with Gasteiger partial charge in [-0.15, -0.1) is 6.58 Å². The van der Waals surface area contributed by atoms with Crippen LogP contribution in [-0.4, -0.2) is 37.7 Å². The quantitative estimate of drug-likeness (QED) is 0.408. The molecule has 0 unspecified atom stereocenters. The Hall–Kier alpha value is -0.340. The largest absolute Gasteiger partial charge is 0.376 e. The van der Waals surface area contributed by atoms with Crippen molar-refractivity contribution in [3.05, 3.63) is 12.7 Å². The second-order valence-corrected chi connectivity index (χ2v) is 2.80. The van der Waals surface area contributed by atoms with Gasteiger partial charge in [-0.2, -0.15) is 0 Å². The molecule has 2 heteroatoms. The minimum absolute atomic E-state index is 0.670. The molecule has 0 aliphatic heterocycles. The lowest BCUT2D eigenvalue weighted by atomic mass is 10.4. The number of hydrogen-bond donors (Lipinski definition) is 0. The molecule has 2 nitrogen and oxygen atoms in total. The van der Waals surface area contributed by atoms with Crippen molar-refractivity contribution in [2.45, 2.75) is 20.3 Å². The van der Waals surface area contributed by atoms with Crippen molar-refractivity contribution in [2.75, 3.05) is 32.8 Å². The maximum Gasteiger partial charge on any atom is 0.0645 e. The predicted molar refractivity (Wildman–Crippen MR) is 53.4 cm³/mol. The van der Waals surface area contributed by atoms with Crippen molar-refractivity contribution < 1.29 is 4.74 Å². The SMILES string of the molecule is C=CCOCCN(CC)CCC. The Morgan fingerprint density at radius 3 is 2.58 bits per heavy atom. The zero-order valence-electron chi connectivity index (χ0n) is 8.38. The average Bonchev–Trinajstić information content (AvgIpc) is 2.10. The van der Waals surface area contributed by atoms with Crippen molar-refractivity contribution in [3.63, 3.8) is 0 Å². The number of ether oxygens (including phenoxy) is 1. The predicted octanol–water partition coefficient (Wildman–Crippen LogP) is 1.92. The number of likely N-dealkylation sites (N-methyl/N-ethyl adjacent to an activating group) is 1. The number of hydrogen-bond acceptors (Lipinski definition) is 2. The summed E-state index contributed by atoms with van der Waals surface area (Å²) in [6.07, 6.45) is 3.01. The van der Waals surface area contributed by atoms with E-state index in [0.29, 0.717) is 6.61 Å². The van der Waals surface area contributed by atoms with Crippen molar-refractivity contribution in [1.82, 2.24) is 4.90 Å². The molecular formula is C10H21NO. The molecule has 0 aliphatic rings. The lowest BCUT2D eigenvalue weighted by molar-refractivity contribution is 0.126. The van der Waals surface area contributed by atoms with E-state index < -0.39 is 0 Å². The summed E-state index contributed by atoms with van der Waals surface area (Å²) in [6.45, 7) is 12.8. The maximum absolute atomic E-state index is 5.30. The molecule has 0 radical (unpaired) electrons. The Morgan fingerprint density at radius 1 is 1.33 bits per heavy atom. The van der Waals surface area contributed by atoms with Crippen molar-refractivity contribution >= 4 is 0 Å². The number of nitrogens with zero attached hydrogens (tertiary/aromatic N) is 1. The minimum Gasteiger partial charge on any atom is -0.376 e. The third-order valence-corrected chi connectivity index (χ3v) is 1.77. The molecule has 0 aliphatic carbocycles. The zero-order valence-corrected chi connectivity index (χ0v) is 8.38. The van der Waals surface area contributed by atoms with Gasteiger partial charge in [0.25, 0.3) is 0 Å². The van der Waals surface area contributed by atoms with Crippen molar-refractivity contribution in [3.8, 4) is 0 Å². The average molecular weight is 171 g/mol. The fourth-order valence-electron chi connectivity index (χ4n) is 1.10. The summed E-state index contributed by atoms with van der Waals surface area (Å²) >= 11 is 0. The highest BCUT2D eigenvalue weighted by Crippen LogP contribution is 1.90. The second-order valence-electron chi connectivity index (χ2n) is 2.80. The van der Waals surface area contributed by atoms with Gasteiger partial charge in [-0.05, 0) is 19.5 Å². The molecule has 0 bridgehead atoms.